The molecule has 1 saturated heterocycles. The van der Waals surface area contributed by atoms with Gasteiger partial charge in [0.05, 0.1) is 6.04 Å². The molecule has 1 aliphatic rings. The van der Waals surface area contributed by atoms with Crippen LogP contribution in [-0.4, -0.2) is 59.0 Å². The van der Waals surface area contributed by atoms with Crippen LogP contribution in [0.25, 0.3) is 0 Å². The highest BCUT2D eigenvalue weighted by molar-refractivity contribution is 5.93. The molecule has 1 aliphatic heterocycles. The molecule has 0 aromatic heterocycles. The molecular weight excluding hydrogens is 310 g/mol. The molecule has 0 aromatic carbocycles. The predicted molar refractivity (Wildman–Crippen MR) is 91.4 cm³/mol. The summed E-state index contributed by atoms with van der Waals surface area (Å²) in [6, 6.07) is -2.10. The van der Waals surface area contributed by atoms with Gasteiger partial charge in [0.25, 0.3) is 0 Å². The number of amides is 2. The highest BCUT2D eigenvalue weighted by Crippen LogP contribution is 2.25. The first kappa shape index (κ1) is 20.4. The molecule has 1 heterocycles. The number of carboxylic acid groups (broad SMARTS) is 1. The largest absolute Gasteiger partial charge is 0.480 e. The normalized spacial score (nSPS) is 23.7. The fourth-order valence-electron chi connectivity index (χ4n) is 3.34. The van der Waals surface area contributed by atoms with Crippen LogP contribution >= 0.6 is 0 Å². The lowest BCUT2D eigenvalue weighted by atomic mass is 10.0. The van der Waals surface area contributed by atoms with E-state index in [2.05, 4.69) is 10.6 Å². The van der Waals surface area contributed by atoms with Crippen molar-refractivity contribution < 1.29 is 19.5 Å². The molecule has 1 fully saturated rings. The number of carboxylic acids is 1. The smallest absolute Gasteiger partial charge is 0.326 e. The van der Waals surface area contributed by atoms with E-state index in [-0.39, 0.29) is 35.7 Å². The zero-order valence-corrected chi connectivity index (χ0v) is 15.5. The van der Waals surface area contributed by atoms with E-state index in [4.69, 9.17) is 0 Å². The number of aliphatic carboxylic acids is 1. The summed E-state index contributed by atoms with van der Waals surface area (Å²) < 4.78 is 0. The second kappa shape index (κ2) is 8.46. The number of nitrogens with one attached hydrogen (secondary N) is 2. The molecule has 1 rings (SSSR count). The van der Waals surface area contributed by atoms with Gasteiger partial charge in [-0.2, -0.15) is 0 Å². The van der Waals surface area contributed by atoms with Gasteiger partial charge in [0.1, 0.15) is 12.1 Å². The van der Waals surface area contributed by atoms with Crippen molar-refractivity contribution >= 4 is 17.8 Å². The summed E-state index contributed by atoms with van der Waals surface area (Å²) in [5, 5.41) is 15.2. The summed E-state index contributed by atoms with van der Waals surface area (Å²) in [6.45, 7) is 9.55. The molecule has 0 aromatic rings. The number of carbonyl (C=O) groups excluding carboxylic acids is 2. The monoisotopic (exact) mass is 341 g/mol. The van der Waals surface area contributed by atoms with Gasteiger partial charge in [-0.1, -0.05) is 27.7 Å². The molecule has 0 radical (unpaired) electrons. The lowest BCUT2D eigenvalue weighted by Gasteiger charge is -2.30. The highest BCUT2D eigenvalue weighted by atomic mass is 16.4. The molecule has 7 heteroatoms. The standard InChI is InChI=1S/C17H31N3O4/c1-9(2)7-13(17(23)24)20-11(5)8-12(16(20)22)19-15(21)14(18-6)10(3)4/h9-14,18H,7-8H2,1-6H3,(H,19,21)(H,23,24). The molecule has 3 N–H and O–H groups in total. The van der Waals surface area contributed by atoms with Crippen molar-refractivity contribution in [3.8, 4) is 0 Å². The number of likely N-dealkylation sites (N-methyl/N-ethyl adjacent to an activating group) is 1. The lowest BCUT2D eigenvalue weighted by molar-refractivity contribution is -0.150. The van der Waals surface area contributed by atoms with Gasteiger partial charge >= 0.3 is 5.97 Å². The Morgan fingerprint density at radius 3 is 2.29 bits per heavy atom. The Morgan fingerprint density at radius 1 is 1.29 bits per heavy atom. The molecule has 4 atom stereocenters. The number of nitrogens with zero attached hydrogens (tertiary/aromatic N) is 1. The van der Waals surface area contributed by atoms with Crippen LogP contribution < -0.4 is 10.6 Å². The maximum Gasteiger partial charge on any atom is 0.326 e. The van der Waals surface area contributed by atoms with Crippen LogP contribution in [0.3, 0.4) is 0 Å². The SMILES string of the molecule is CNC(C(=O)NC1CC(C)N(C(CC(C)C)C(=O)O)C1=O)C(C)C. The van der Waals surface area contributed by atoms with Gasteiger partial charge in [0, 0.05) is 6.04 Å². The Kier molecular flexibility index (Phi) is 7.20. The van der Waals surface area contributed by atoms with Gasteiger partial charge in [-0.25, -0.2) is 4.79 Å². The van der Waals surface area contributed by atoms with Crippen LogP contribution in [0.15, 0.2) is 0 Å². The van der Waals surface area contributed by atoms with Crippen LogP contribution in [0.4, 0.5) is 0 Å². The molecule has 2 amide bonds. The summed E-state index contributed by atoms with van der Waals surface area (Å²) in [5.41, 5.74) is 0. The fourth-order valence-corrected chi connectivity index (χ4v) is 3.34. The zero-order chi connectivity index (χ0) is 18.6. The quantitative estimate of drug-likeness (QED) is 0.607. The van der Waals surface area contributed by atoms with Crippen molar-refractivity contribution in [1.82, 2.24) is 15.5 Å². The Hall–Kier alpha value is -1.63. The minimum absolute atomic E-state index is 0.0905. The Labute approximate surface area is 144 Å². The average Bonchev–Trinajstić information content (AvgIpc) is 2.71. The average molecular weight is 341 g/mol. The summed E-state index contributed by atoms with van der Waals surface area (Å²) in [5.74, 6) is -1.27. The molecule has 7 nitrogen and oxygen atoms in total. The topological polar surface area (TPSA) is 98.7 Å². The fraction of sp³-hybridized carbons (Fsp3) is 0.824. The first-order valence-corrected chi connectivity index (χ1v) is 8.62. The van der Waals surface area contributed by atoms with Gasteiger partial charge in [0.2, 0.25) is 11.8 Å². The Bertz CT molecular complexity index is 478. The minimum Gasteiger partial charge on any atom is -0.480 e. The summed E-state index contributed by atoms with van der Waals surface area (Å²) in [4.78, 5) is 38.1. The molecule has 4 unspecified atom stereocenters. The lowest BCUT2D eigenvalue weighted by Crippen LogP contribution is -2.53. The van der Waals surface area contributed by atoms with Crippen LogP contribution in [0.5, 0.6) is 0 Å². The van der Waals surface area contributed by atoms with Crippen LogP contribution in [0.2, 0.25) is 0 Å². The summed E-state index contributed by atoms with van der Waals surface area (Å²) in [7, 11) is 1.71. The number of carbonyl (C=O) groups is 3. The van der Waals surface area contributed by atoms with Crippen LogP contribution in [-0.2, 0) is 14.4 Å². The van der Waals surface area contributed by atoms with Gasteiger partial charge in [0.15, 0.2) is 0 Å². The van der Waals surface area contributed by atoms with Gasteiger partial charge in [-0.15, -0.1) is 0 Å². The maximum atomic E-state index is 12.7. The van der Waals surface area contributed by atoms with E-state index in [0.29, 0.717) is 12.8 Å². The van der Waals surface area contributed by atoms with Crippen molar-refractivity contribution in [3.63, 3.8) is 0 Å². The molecule has 138 valence electrons. The summed E-state index contributed by atoms with van der Waals surface area (Å²) >= 11 is 0. The third-order valence-corrected chi connectivity index (χ3v) is 4.50. The molecular formula is C17H31N3O4. The van der Waals surface area contributed by atoms with E-state index in [1.807, 2.05) is 34.6 Å². The second-order valence-electron chi connectivity index (χ2n) is 7.39. The molecule has 0 aliphatic carbocycles. The third kappa shape index (κ3) is 4.69. The second-order valence-corrected chi connectivity index (χ2v) is 7.39. The number of hydrogen-bond acceptors (Lipinski definition) is 4. The van der Waals surface area contributed by atoms with Crippen molar-refractivity contribution in [1.29, 1.82) is 0 Å². The Morgan fingerprint density at radius 2 is 1.88 bits per heavy atom. The van der Waals surface area contributed by atoms with Crippen LogP contribution in [0, 0.1) is 11.8 Å². The van der Waals surface area contributed by atoms with E-state index >= 15 is 0 Å². The summed E-state index contributed by atoms with van der Waals surface area (Å²) in [6.07, 6.45) is 0.832. The van der Waals surface area contributed by atoms with Gasteiger partial charge < -0.3 is 20.6 Å². The third-order valence-electron chi connectivity index (χ3n) is 4.50. The van der Waals surface area contributed by atoms with Crippen molar-refractivity contribution in [2.45, 2.75) is 71.6 Å². The number of likely N-dealkylation sites (tertiary alicyclic amines) is 1. The molecule has 0 spiro atoms. The van der Waals surface area contributed by atoms with E-state index in [0.717, 1.165) is 0 Å². The van der Waals surface area contributed by atoms with E-state index < -0.39 is 18.1 Å². The van der Waals surface area contributed by atoms with E-state index in [9.17, 15) is 19.5 Å². The van der Waals surface area contributed by atoms with Gasteiger partial charge in [-0.05, 0) is 38.6 Å². The van der Waals surface area contributed by atoms with Crippen molar-refractivity contribution in [2.75, 3.05) is 7.05 Å². The molecule has 24 heavy (non-hydrogen) atoms. The van der Waals surface area contributed by atoms with E-state index in [1.165, 1.54) is 4.90 Å². The van der Waals surface area contributed by atoms with Gasteiger partial charge in [-0.3, -0.25) is 9.59 Å². The van der Waals surface area contributed by atoms with Crippen LogP contribution in [0.1, 0.15) is 47.5 Å². The molecule has 0 bridgehead atoms. The minimum atomic E-state index is -0.994. The van der Waals surface area contributed by atoms with Crippen molar-refractivity contribution in [2.24, 2.45) is 11.8 Å². The van der Waals surface area contributed by atoms with E-state index in [1.54, 1.807) is 7.05 Å². The molecule has 0 saturated carbocycles. The number of rotatable bonds is 8. The highest BCUT2D eigenvalue weighted by Gasteiger charge is 2.44. The number of hydrogen-bond donors (Lipinski definition) is 3. The van der Waals surface area contributed by atoms with Crippen molar-refractivity contribution in [3.05, 3.63) is 0 Å². The zero-order valence-electron chi connectivity index (χ0n) is 15.5. The predicted octanol–water partition coefficient (Wildman–Crippen LogP) is 0.835. The first-order chi connectivity index (χ1) is 11.1. The Balaban J connectivity index is 2.87. The first-order valence-electron chi connectivity index (χ1n) is 8.62. The maximum absolute atomic E-state index is 12.7.